The molecule has 0 unspecified atom stereocenters. The SMILES string of the molecule is O=C(N[C@@H]1CC[C@H]2OCCO[C@@H]2C1)c1ccoc1. The molecule has 1 aromatic rings. The molecule has 1 saturated carbocycles. The number of rotatable bonds is 2. The third-order valence-corrected chi connectivity index (χ3v) is 3.60. The lowest BCUT2D eigenvalue weighted by Gasteiger charge is -2.39. The van der Waals surface area contributed by atoms with Crippen molar-refractivity contribution in [3.05, 3.63) is 24.2 Å². The summed E-state index contributed by atoms with van der Waals surface area (Å²) in [5.41, 5.74) is 0.568. The normalized spacial score (nSPS) is 31.7. The molecule has 2 heterocycles. The van der Waals surface area contributed by atoms with E-state index in [4.69, 9.17) is 13.9 Å². The first-order valence-electron chi connectivity index (χ1n) is 6.39. The van der Waals surface area contributed by atoms with Gasteiger partial charge in [0.05, 0.1) is 37.2 Å². The van der Waals surface area contributed by atoms with Crippen molar-refractivity contribution < 1.29 is 18.7 Å². The zero-order valence-electron chi connectivity index (χ0n) is 10.1. The predicted octanol–water partition coefficient (Wildman–Crippen LogP) is 1.35. The third-order valence-electron chi connectivity index (χ3n) is 3.60. The summed E-state index contributed by atoms with van der Waals surface area (Å²) in [5.74, 6) is -0.0797. The molecule has 5 nitrogen and oxygen atoms in total. The van der Waals surface area contributed by atoms with Gasteiger partial charge >= 0.3 is 0 Å². The maximum absolute atomic E-state index is 11.9. The number of ether oxygens (including phenoxy) is 2. The highest BCUT2D eigenvalue weighted by molar-refractivity contribution is 5.93. The summed E-state index contributed by atoms with van der Waals surface area (Å²) in [4.78, 5) is 11.9. The second-order valence-electron chi connectivity index (χ2n) is 4.81. The Labute approximate surface area is 105 Å². The van der Waals surface area contributed by atoms with Gasteiger partial charge in [0.1, 0.15) is 6.26 Å². The van der Waals surface area contributed by atoms with E-state index in [9.17, 15) is 4.79 Å². The topological polar surface area (TPSA) is 60.7 Å². The van der Waals surface area contributed by atoms with E-state index in [-0.39, 0.29) is 24.2 Å². The van der Waals surface area contributed by atoms with E-state index in [2.05, 4.69) is 5.32 Å². The molecule has 2 fully saturated rings. The number of fused-ring (bicyclic) bond motifs is 1. The summed E-state index contributed by atoms with van der Waals surface area (Å²) in [6, 6.07) is 1.83. The number of furan rings is 1. The van der Waals surface area contributed by atoms with Crippen molar-refractivity contribution in [2.24, 2.45) is 0 Å². The first kappa shape index (κ1) is 11.7. The van der Waals surface area contributed by atoms with Crippen LogP contribution in [-0.4, -0.2) is 37.4 Å². The van der Waals surface area contributed by atoms with Crippen LogP contribution in [0.4, 0.5) is 0 Å². The minimum atomic E-state index is -0.0797. The Hall–Kier alpha value is -1.33. The Morgan fingerprint density at radius 3 is 2.83 bits per heavy atom. The van der Waals surface area contributed by atoms with E-state index in [0.29, 0.717) is 18.8 Å². The smallest absolute Gasteiger partial charge is 0.254 e. The third kappa shape index (κ3) is 2.42. The highest BCUT2D eigenvalue weighted by Crippen LogP contribution is 2.26. The van der Waals surface area contributed by atoms with Gasteiger partial charge in [0.25, 0.3) is 5.91 Å². The molecule has 1 aliphatic carbocycles. The maximum Gasteiger partial charge on any atom is 0.254 e. The van der Waals surface area contributed by atoms with Gasteiger partial charge < -0.3 is 19.2 Å². The Morgan fingerprint density at radius 1 is 1.22 bits per heavy atom. The van der Waals surface area contributed by atoms with Crippen molar-refractivity contribution in [2.45, 2.75) is 37.5 Å². The summed E-state index contributed by atoms with van der Waals surface area (Å²) >= 11 is 0. The van der Waals surface area contributed by atoms with E-state index < -0.39 is 0 Å². The van der Waals surface area contributed by atoms with Crippen LogP contribution in [0.2, 0.25) is 0 Å². The minimum absolute atomic E-state index is 0.0797. The van der Waals surface area contributed by atoms with Crippen LogP contribution < -0.4 is 5.32 Å². The van der Waals surface area contributed by atoms with Gasteiger partial charge in [-0.15, -0.1) is 0 Å². The summed E-state index contributed by atoms with van der Waals surface area (Å²) < 4.78 is 16.2. The molecule has 3 atom stereocenters. The molecule has 98 valence electrons. The molecule has 18 heavy (non-hydrogen) atoms. The van der Waals surface area contributed by atoms with Crippen molar-refractivity contribution in [3.8, 4) is 0 Å². The summed E-state index contributed by atoms with van der Waals surface area (Å²) in [6.07, 6.45) is 6.01. The standard InChI is InChI=1S/C13H17NO4/c15-13(9-3-4-16-8-9)14-10-1-2-11-12(7-10)18-6-5-17-11/h3-4,8,10-12H,1-2,5-7H2,(H,14,15)/t10-,11-,12-/m1/s1. The second kappa shape index (κ2) is 5.12. The van der Waals surface area contributed by atoms with Gasteiger partial charge in [-0.1, -0.05) is 0 Å². The van der Waals surface area contributed by atoms with Crippen LogP contribution in [0.1, 0.15) is 29.6 Å². The van der Waals surface area contributed by atoms with Crippen LogP contribution in [0, 0.1) is 0 Å². The largest absolute Gasteiger partial charge is 0.472 e. The van der Waals surface area contributed by atoms with Crippen LogP contribution in [-0.2, 0) is 9.47 Å². The summed E-state index contributed by atoms with van der Waals surface area (Å²) in [5, 5.41) is 3.02. The molecule has 2 aliphatic rings. The molecular formula is C13H17NO4. The second-order valence-corrected chi connectivity index (χ2v) is 4.81. The summed E-state index contributed by atoms with van der Waals surface area (Å²) in [6.45, 7) is 1.34. The lowest BCUT2D eigenvalue weighted by molar-refractivity contribution is -0.157. The van der Waals surface area contributed by atoms with E-state index >= 15 is 0 Å². The van der Waals surface area contributed by atoms with Crippen LogP contribution in [0.25, 0.3) is 0 Å². The fourth-order valence-electron chi connectivity index (χ4n) is 2.66. The lowest BCUT2D eigenvalue weighted by atomic mass is 9.89. The molecule has 1 aromatic heterocycles. The number of amides is 1. The molecular weight excluding hydrogens is 234 g/mol. The number of hydrogen-bond donors (Lipinski definition) is 1. The van der Waals surface area contributed by atoms with Crippen LogP contribution in [0.3, 0.4) is 0 Å². The minimum Gasteiger partial charge on any atom is -0.472 e. The van der Waals surface area contributed by atoms with Gasteiger partial charge in [-0.2, -0.15) is 0 Å². The zero-order chi connectivity index (χ0) is 12.4. The molecule has 0 bridgehead atoms. The highest BCUT2D eigenvalue weighted by Gasteiger charge is 2.34. The average molecular weight is 251 g/mol. The van der Waals surface area contributed by atoms with Crippen molar-refractivity contribution >= 4 is 5.91 Å². The predicted molar refractivity (Wildman–Crippen MR) is 63.3 cm³/mol. The molecule has 1 N–H and O–H groups in total. The van der Waals surface area contributed by atoms with Crippen molar-refractivity contribution in [1.29, 1.82) is 0 Å². The van der Waals surface area contributed by atoms with E-state index in [1.54, 1.807) is 6.07 Å². The van der Waals surface area contributed by atoms with Gasteiger partial charge in [0.2, 0.25) is 0 Å². The fraction of sp³-hybridized carbons (Fsp3) is 0.615. The molecule has 3 rings (SSSR count). The van der Waals surface area contributed by atoms with E-state index in [1.165, 1.54) is 12.5 Å². The first-order chi connectivity index (χ1) is 8.83. The van der Waals surface area contributed by atoms with Crippen molar-refractivity contribution in [3.63, 3.8) is 0 Å². The molecule has 0 radical (unpaired) electrons. The number of carbonyl (C=O) groups is 1. The first-order valence-corrected chi connectivity index (χ1v) is 6.39. The number of hydrogen-bond acceptors (Lipinski definition) is 4. The van der Waals surface area contributed by atoms with Crippen LogP contribution >= 0.6 is 0 Å². The van der Waals surface area contributed by atoms with Gasteiger partial charge in [-0.25, -0.2) is 0 Å². The Morgan fingerprint density at radius 2 is 2.06 bits per heavy atom. The molecule has 1 saturated heterocycles. The Kier molecular flexibility index (Phi) is 3.34. The lowest BCUT2D eigenvalue weighted by Crippen LogP contribution is -2.49. The zero-order valence-corrected chi connectivity index (χ0v) is 10.1. The molecule has 1 amide bonds. The number of carbonyl (C=O) groups excluding carboxylic acids is 1. The van der Waals surface area contributed by atoms with E-state index in [0.717, 1.165) is 19.3 Å². The monoisotopic (exact) mass is 251 g/mol. The molecule has 0 aromatic carbocycles. The quantitative estimate of drug-likeness (QED) is 0.861. The average Bonchev–Trinajstić information content (AvgIpc) is 2.92. The molecule has 0 spiro atoms. The Bertz CT molecular complexity index is 403. The maximum atomic E-state index is 11.9. The van der Waals surface area contributed by atoms with Gasteiger partial charge in [0.15, 0.2) is 0 Å². The Balaban J connectivity index is 1.56. The van der Waals surface area contributed by atoms with Gasteiger partial charge in [-0.3, -0.25) is 4.79 Å². The molecule has 5 heteroatoms. The van der Waals surface area contributed by atoms with Crippen LogP contribution in [0.5, 0.6) is 0 Å². The van der Waals surface area contributed by atoms with Crippen molar-refractivity contribution in [2.75, 3.05) is 13.2 Å². The highest BCUT2D eigenvalue weighted by atomic mass is 16.6. The molecule has 1 aliphatic heterocycles. The van der Waals surface area contributed by atoms with Gasteiger partial charge in [-0.05, 0) is 25.3 Å². The number of nitrogens with one attached hydrogen (secondary N) is 1. The van der Waals surface area contributed by atoms with Gasteiger partial charge in [0, 0.05) is 6.04 Å². The fourth-order valence-corrected chi connectivity index (χ4v) is 2.66. The van der Waals surface area contributed by atoms with Crippen LogP contribution in [0.15, 0.2) is 23.0 Å². The summed E-state index contributed by atoms with van der Waals surface area (Å²) in [7, 11) is 0. The van der Waals surface area contributed by atoms with E-state index in [1.807, 2.05) is 0 Å². The van der Waals surface area contributed by atoms with Crippen molar-refractivity contribution in [1.82, 2.24) is 5.32 Å².